The quantitative estimate of drug-likeness (QED) is 0.109. The first-order chi connectivity index (χ1) is 25.7. The summed E-state index contributed by atoms with van der Waals surface area (Å²) in [6.45, 7) is 10.5. The highest BCUT2D eigenvalue weighted by atomic mass is 32.2. The number of amides is 2. The monoisotopic (exact) mass is 780 g/mol. The Kier molecular flexibility index (Phi) is 12.0. The second kappa shape index (κ2) is 16.1. The zero-order valence-corrected chi connectivity index (χ0v) is 32.3. The summed E-state index contributed by atoms with van der Waals surface area (Å²) in [6, 6.07) is 22.0. The summed E-state index contributed by atoms with van der Waals surface area (Å²) >= 11 is -1.67. The molecule has 2 N–H and O–H groups in total. The Balaban J connectivity index is 1.54. The van der Waals surface area contributed by atoms with Gasteiger partial charge in [0.2, 0.25) is 0 Å². The number of carbonyl (C=O) groups excluding carboxylic acids is 2. The number of hydrogen-bond donors (Lipinski definition) is 2. The van der Waals surface area contributed by atoms with E-state index in [1.54, 1.807) is 96.1 Å². The normalized spacial score (nSPS) is 15.1. The predicted octanol–water partition coefficient (Wildman–Crippen LogP) is 8.50. The number of benzene rings is 3. The van der Waals surface area contributed by atoms with E-state index in [0.717, 1.165) is 18.9 Å². The first-order valence-electron chi connectivity index (χ1n) is 17.7. The van der Waals surface area contributed by atoms with Gasteiger partial charge in [0, 0.05) is 29.5 Å². The molecule has 1 aliphatic rings. The van der Waals surface area contributed by atoms with Crippen LogP contribution >= 0.6 is 0 Å². The maximum absolute atomic E-state index is 15.6. The fourth-order valence-corrected chi connectivity index (χ4v) is 6.82. The summed E-state index contributed by atoms with van der Waals surface area (Å²) in [6.07, 6.45) is -2.94. The van der Waals surface area contributed by atoms with Gasteiger partial charge in [0.05, 0.1) is 17.3 Å². The molecule has 10 nitrogen and oxygen atoms in total. The summed E-state index contributed by atoms with van der Waals surface area (Å²) in [4.78, 5) is 34.1. The Morgan fingerprint density at radius 1 is 0.982 bits per heavy atom. The number of carbonyl (C=O) groups is 2. The smallest absolute Gasteiger partial charge is 0.436 e. The van der Waals surface area contributed by atoms with Crippen LogP contribution in [0.3, 0.4) is 0 Å². The predicted molar refractivity (Wildman–Crippen MR) is 200 cm³/mol. The Hall–Kier alpha value is -4.91. The highest BCUT2D eigenvalue weighted by molar-refractivity contribution is 7.90. The molecule has 2 atom stereocenters. The van der Waals surface area contributed by atoms with Crippen molar-refractivity contribution < 1.29 is 36.5 Å². The van der Waals surface area contributed by atoms with E-state index < -0.39 is 68.3 Å². The van der Waals surface area contributed by atoms with Crippen molar-refractivity contribution >= 4 is 29.0 Å². The maximum atomic E-state index is 15.6. The standard InChI is InChI=1S/C40H44F4N6O4S/c1-37(2,3)49(25-28-10-8-7-9-11-28)36(52)54-50-33(23-34(47-50)40(42,43)44)35(51)46-32-22-30(18-19-31(32)41)39(21-20-26-12-13-26,48-55(53)38(4,5)6)29-16-14-27(24-45)15-17-29/h7-11,14-19,22-23,26,48H,12-13,20-21,25H2,1-6H3,(H,46,51)/t39-,55-/m0/s1. The SMILES string of the molecule is CC(C)(C)N(Cc1ccccc1)C(=O)On1nc(C(F)(F)F)cc1C(=O)Nc1cc([C@@](CCC2CC2)(N[S@@+]([O-])C(C)(C)C)c2ccc(C#N)cc2)ccc1F. The average Bonchev–Trinajstić information content (AvgIpc) is 3.85. The summed E-state index contributed by atoms with van der Waals surface area (Å²) in [5.41, 5.74) is -2.67. The largest absolute Gasteiger partial charge is 0.598 e. The minimum absolute atomic E-state index is 0.0336. The fourth-order valence-electron chi connectivity index (χ4n) is 5.86. The molecular formula is C40H44F4N6O4S. The Morgan fingerprint density at radius 2 is 1.62 bits per heavy atom. The molecule has 3 aromatic carbocycles. The van der Waals surface area contributed by atoms with Crippen LogP contribution in [0.15, 0.2) is 78.9 Å². The van der Waals surface area contributed by atoms with E-state index in [2.05, 4.69) is 21.2 Å². The summed E-state index contributed by atoms with van der Waals surface area (Å²) in [7, 11) is 0. The third-order valence-electron chi connectivity index (χ3n) is 9.24. The van der Waals surface area contributed by atoms with Crippen LogP contribution in [0.4, 0.5) is 28.0 Å². The highest BCUT2D eigenvalue weighted by Crippen LogP contribution is 2.43. The molecule has 0 spiro atoms. The topological polar surface area (TPSA) is 135 Å². The van der Waals surface area contributed by atoms with E-state index in [1.165, 1.54) is 17.0 Å². The molecule has 1 aliphatic carbocycles. The second-order valence-electron chi connectivity index (χ2n) is 15.6. The van der Waals surface area contributed by atoms with Gasteiger partial charge in [0.25, 0.3) is 5.91 Å². The molecule has 1 heterocycles. The Morgan fingerprint density at radius 3 is 2.18 bits per heavy atom. The van der Waals surface area contributed by atoms with E-state index in [9.17, 15) is 32.6 Å². The molecule has 1 saturated carbocycles. The van der Waals surface area contributed by atoms with Crippen LogP contribution in [0.5, 0.6) is 0 Å². The summed E-state index contributed by atoms with van der Waals surface area (Å²) in [5, 5.41) is 15.2. The van der Waals surface area contributed by atoms with E-state index >= 15 is 4.39 Å². The van der Waals surface area contributed by atoms with Crippen LogP contribution in [-0.2, 0) is 29.6 Å². The number of nitriles is 1. The number of anilines is 1. The zero-order valence-electron chi connectivity index (χ0n) is 31.5. The third kappa shape index (κ3) is 10.0. The molecule has 15 heteroatoms. The van der Waals surface area contributed by atoms with Gasteiger partial charge in [-0.1, -0.05) is 66.2 Å². The molecule has 1 aromatic heterocycles. The van der Waals surface area contributed by atoms with E-state index in [-0.39, 0.29) is 11.4 Å². The molecule has 1 fully saturated rings. The number of halogens is 4. The third-order valence-corrected chi connectivity index (χ3v) is 10.9. The van der Waals surface area contributed by atoms with Crippen molar-refractivity contribution in [1.29, 1.82) is 5.26 Å². The van der Waals surface area contributed by atoms with Gasteiger partial charge >= 0.3 is 12.3 Å². The minimum Gasteiger partial charge on any atom is -0.598 e. The number of hydrogen-bond acceptors (Lipinski definition) is 7. The lowest BCUT2D eigenvalue weighted by Crippen LogP contribution is -2.52. The van der Waals surface area contributed by atoms with Crippen LogP contribution in [0.25, 0.3) is 0 Å². The lowest BCUT2D eigenvalue weighted by atomic mass is 9.79. The Labute approximate surface area is 321 Å². The fraction of sp³-hybridized carbons (Fsp3) is 0.400. The molecule has 0 radical (unpaired) electrons. The van der Waals surface area contributed by atoms with Crippen molar-refractivity contribution in [3.63, 3.8) is 0 Å². The van der Waals surface area contributed by atoms with E-state index in [0.29, 0.717) is 47.1 Å². The second-order valence-corrected chi connectivity index (χ2v) is 17.6. The molecular weight excluding hydrogens is 737 g/mol. The van der Waals surface area contributed by atoms with Crippen molar-refractivity contribution in [2.24, 2.45) is 5.92 Å². The molecule has 5 rings (SSSR count). The lowest BCUT2D eigenvalue weighted by Gasteiger charge is -2.39. The molecule has 0 unspecified atom stereocenters. The number of aromatic nitrogens is 2. The van der Waals surface area contributed by atoms with Gasteiger partial charge in [-0.2, -0.15) is 18.4 Å². The van der Waals surface area contributed by atoms with Gasteiger partial charge < -0.3 is 9.87 Å². The number of nitrogens with zero attached hydrogens (tertiary/aromatic N) is 4. The summed E-state index contributed by atoms with van der Waals surface area (Å²) in [5.74, 6) is -1.73. The average molecular weight is 781 g/mol. The molecule has 2 amide bonds. The molecule has 292 valence electrons. The molecule has 0 bridgehead atoms. The van der Waals surface area contributed by atoms with Gasteiger partial charge in [-0.25, -0.2) is 9.18 Å². The lowest BCUT2D eigenvalue weighted by molar-refractivity contribution is -0.142. The first-order valence-corrected chi connectivity index (χ1v) is 18.9. The summed E-state index contributed by atoms with van der Waals surface area (Å²) < 4.78 is 73.9. The van der Waals surface area contributed by atoms with Crippen molar-refractivity contribution in [2.75, 3.05) is 5.32 Å². The maximum Gasteiger partial charge on any atom is 0.436 e. The number of rotatable bonds is 12. The van der Waals surface area contributed by atoms with Gasteiger partial charge in [-0.3, -0.25) is 14.5 Å². The minimum atomic E-state index is -5.03. The first kappa shape index (κ1) is 41.3. The van der Waals surface area contributed by atoms with Crippen LogP contribution in [0.2, 0.25) is 0 Å². The van der Waals surface area contributed by atoms with Crippen LogP contribution < -0.4 is 14.9 Å². The van der Waals surface area contributed by atoms with Gasteiger partial charge in [0.15, 0.2) is 11.4 Å². The molecule has 0 aliphatic heterocycles. The van der Waals surface area contributed by atoms with Gasteiger partial charge in [-0.05, 0) is 101 Å². The number of nitrogens with one attached hydrogen (secondary N) is 2. The van der Waals surface area contributed by atoms with Crippen molar-refractivity contribution in [1.82, 2.24) is 19.6 Å². The van der Waals surface area contributed by atoms with Crippen molar-refractivity contribution in [3.05, 3.63) is 118 Å². The van der Waals surface area contributed by atoms with E-state index in [1.807, 2.05) is 0 Å². The van der Waals surface area contributed by atoms with Crippen LogP contribution in [-0.4, -0.2) is 41.7 Å². The van der Waals surface area contributed by atoms with Gasteiger partial charge in [-0.15, -0.1) is 9.82 Å². The van der Waals surface area contributed by atoms with Crippen molar-refractivity contribution in [2.45, 2.75) is 95.8 Å². The molecule has 0 saturated heterocycles. The molecule has 4 aromatic rings. The zero-order chi connectivity index (χ0) is 40.3. The molecule has 55 heavy (non-hydrogen) atoms. The van der Waals surface area contributed by atoms with Crippen LogP contribution in [0, 0.1) is 23.1 Å². The van der Waals surface area contributed by atoms with Crippen molar-refractivity contribution in [3.8, 4) is 6.07 Å². The highest BCUT2D eigenvalue weighted by Gasteiger charge is 2.44. The Bertz CT molecular complexity index is 2030. The van der Waals surface area contributed by atoms with E-state index in [4.69, 9.17) is 4.84 Å². The van der Waals surface area contributed by atoms with Gasteiger partial charge in [0.1, 0.15) is 16.1 Å². The number of alkyl halides is 3. The van der Waals surface area contributed by atoms with Crippen LogP contribution in [0.1, 0.15) is 106 Å².